The van der Waals surface area contributed by atoms with Crippen molar-refractivity contribution in [3.05, 3.63) is 29.8 Å². The van der Waals surface area contributed by atoms with Crippen molar-refractivity contribution in [3.8, 4) is 0 Å². The van der Waals surface area contributed by atoms with Gasteiger partial charge in [0.1, 0.15) is 6.04 Å². The van der Waals surface area contributed by atoms with Crippen LogP contribution in [0.5, 0.6) is 0 Å². The number of benzene rings is 1. The van der Waals surface area contributed by atoms with Crippen LogP contribution in [0, 0.1) is 6.92 Å². The summed E-state index contributed by atoms with van der Waals surface area (Å²) >= 11 is 0. The van der Waals surface area contributed by atoms with Gasteiger partial charge in [0.05, 0.1) is 7.11 Å². The van der Waals surface area contributed by atoms with Gasteiger partial charge in [0, 0.05) is 12.2 Å². The van der Waals surface area contributed by atoms with E-state index < -0.39 is 23.8 Å². The maximum absolute atomic E-state index is 12.2. The summed E-state index contributed by atoms with van der Waals surface area (Å²) in [6, 6.07) is 6.47. The zero-order valence-electron chi connectivity index (χ0n) is 12.1. The fraction of sp³-hybridized carbons (Fsp3) is 0.400. The van der Waals surface area contributed by atoms with Gasteiger partial charge in [-0.25, -0.2) is 4.79 Å². The molecule has 1 unspecified atom stereocenters. The number of ether oxygens (including phenoxy) is 1. The van der Waals surface area contributed by atoms with Crippen LogP contribution >= 0.6 is 0 Å². The quantitative estimate of drug-likeness (QED) is 0.653. The molecule has 0 saturated carbocycles. The van der Waals surface area contributed by atoms with E-state index in [0.717, 1.165) is 5.56 Å². The molecule has 1 saturated heterocycles. The topological polar surface area (TPSA) is 75.7 Å². The molecule has 1 aromatic rings. The summed E-state index contributed by atoms with van der Waals surface area (Å²) in [5.41, 5.74) is 1.61. The van der Waals surface area contributed by atoms with Crippen LogP contribution in [0.1, 0.15) is 18.4 Å². The maximum Gasteiger partial charge on any atom is 0.328 e. The first-order valence-corrected chi connectivity index (χ1v) is 6.79. The van der Waals surface area contributed by atoms with Crippen molar-refractivity contribution in [2.45, 2.75) is 25.8 Å². The highest BCUT2D eigenvalue weighted by atomic mass is 16.5. The fourth-order valence-corrected chi connectivity index (χ4v) is 2.34. The summed E-state index contributed by atoms with van der Waals surface area (Å²) in [7, 11) is 1.27. The minimum Gasteiger partial charge on any atom is -0.467 e. The number of hydrogen-bond acceptors (Lipinski definition) is 4. The molecule has 0 bridgehead atoms. The second kappa shape index (κ2) is 6.39. The monoisotopic (exact) mass is 290 g/mol. The summed E-state index contributed by atoms with van der Waals surface area (Å²) in [6.45, 7) is 2.32. The van der Waals surface area contributed by atoms with Gasteiger partial charge in [0.25, 0.3) is 0 Å². The van der Waals surface area contributed by atoms with Crippen LogP contribution in [0.3, 0.4) is 0 Å². The first-order chi connectivity index (χ1) is 10.0. The molecular formula is C15H18N2O4. The number of hydrogen-bond donors (Lipinski definition) is 1. The molecule has 1 N–H and O–H groups in total. The molecule has 2 amide bonds. The number of likely N-dealkylation sites (tertiary alicyclic amines) is 1. The van der Waals surface area contributed by atoms with Gasteiger partial charge < -0.3 is 15.0 Å². The average molecular weight is 290 g/mol. The molecule has 1 atom stereocenters. The van der Waals surface area contributed by atoms with Crippen molar-refractivity contribution >= 4 is 23.5 Å². The second-order valence-corrected chi connectivity index (χ2v) is 5.00. The van der Waals surface area contributed by atoms with E-state index >= 15 is 0 Å². The molecule has 0 radical (unpaired) electrons. The third kappa shape index (κ3) is 3.39. The molecular weight excluding hydrogens is 272 g/mol. The number of esters is 1. The minimum absolute atomic E-state index is 0.389. The first kappa shape index (κ1) is 15.0. The molecule has 6 heteroatoms. The van der Waals surface area contributed by atoms with E-state index in [2.05, 4.69) is 10.1 Å². The molecule has 1 fully saturated rings. The van der Waals surface area contributed by atoms with Crippen LogP contribution in [-0.4, -0.2) is 42.4 Å². The largest absolute Gasteiger partial charge is 0.467 e. The van der Waals surface area contributed by atoms with Crippen molar-refractivity contribution in [1.29, 1.82) is 0 Å². The highest BCUT2D eigenvalue weighted by Crippen LogP contribution is 2.19. The molecule has 0 spiro atoms. The van der Waals surface area contributed by atoms with Crippen LogP contribution in [0.4, 0.5) is 5.69 Å². The average Bonchev–Trinajstić information content (AvgIpc) is 2.97. The Kier molecular flexibility index (Phi) is 4.57. The number of aryl methyl sites for hydroxylation is 1. The van der Waals surface area contributed by atoms with Crippen molar-refractivity contribution in [1.82, 2.24) is 4.90 Å². The zero-order valence-corrected chi connectivity index (χ0v) is 12.1. The van der Waals surface area contributed by atoms with Crippen LogP contribution in [0.2, 0.25) is 0 Å². The summed E-state index contributed by atoms with van der Waals surface area (Å²) in [4.78, 5) is 37.0. The van der Waals surface area contributed by atoms with E-state index in [4.69, 9.17) is 0 Å². The van der Waals surface area contributed by atoms with E-state index in [-0.39, 0.29) is 0 Å². The van der Waals surface area contributed by atoms with E-state index in [1.165, 1.54) is 12.0 Å². The van der Waals surface area contributed by atoms with Gasteiger partial charge in [-0.2, -0.15) is 0 Å². The Balaban J connectivity index is 2.03. The summed E-state index contributed by atoms with van der Waals surface area (Å²) in [5.74, 6) is -1.93. The van der Waals surface area contributed by atoms with Crippen LogP contribution in [0.25, 0.3) is 0 Å². The fourth-order valence-electron chi connectivity index (χ4n) is 2.34. The van der Waals surface area contributed by atoms with Crippen molar-refractivity contribution in [3.63, 3.8) is 0 Å². The Labute approximate surface area is 123 Å². The zero-order chi connectivity index (χ0) is 15.4. The Hall–Kier alpha value is -2.37. The summed E-state index contributed by atoms with van der Waals surface area (Å²) in [6.07, 6.45) is 1.21. The number of rotatable bonds is 2. The van der Waals surface area contributed by atoms with E-state index in [0.29, 0.717) is 25.1 Å². The van der Waals surface area contributed by atoms with Gasteiger partial charge in [0.2, 0.25) is 0 Å². The van der Waals surface area contributed by atoms with E-state index in [1.807, 2.05) is 19.1 Å². The Morgan fingerprint density at radius 1 is 1.24 bits per heavy atom. The van der Waals surface area contributed by atoms with Crippen molar-refractivity contribution < 1.29 is 19.1 Å². The smallest absolute Gasteiger partial charge is 0.328 e. The lowest BCUT2D eigenvalue weighted by Crippen LogP contribution is -2.46. The molecule has 1 heterocycles. The summed E-state index contributed by atoms with van der Waals surface area (Å²) < 4.78 is 4.66. The van der Waals surface area contributed by atoms with Crippen molar-refractivity contribution in [2.24, 2.45) is 0 Å². The Morgan fingerprint density at radius 2 is 1.90 bits per heavy atom. The SMILES string of the molecule is COC(=O)C1CCCN1C(=O)C(=O)Nc1ccc(C)cc1. The molecule has 2 rings (SSSR count). The first-order valence-electron chi connectivity index (χ1n) is 6.79. The summed E-state index contributed by atoms with van der Waals surface area (Å²) in [5, 5.41) is 2.54. The number of anilines is 1. The highest BCUT2D eigenvalue weighted by molar-refractivity contribution is 6.39. The third-order valence-electron chi connectivity index (χ3n) is 3.49. The molecule has 0 aliphatic carbocycles. The number of nitrogens with zero attached hydrogens (tertiary/aromatic N) is 1. The minimum atomic E-state index is -0.741. The number of nitrogens with one attached hydrogen (secondary N) is 1. The van der Waals surface area contributed by atoms with Crippen molar-refractivity contribution in [2.75, 3.05) is 19.0 Å². The normalized spacial score (nSPS) is 17.4. The molecule has 21 heavy (non-hydrogen) atoms. The maximum atomic E-state index is 12.2. The third-order valence-corrected chi connectivity index (χ3v) is 3.49. The Morgan fingerprint density at radius 3 is 2.52 bits per heavy atom. The van der Waals surface area contributed by atoms with E-state index in [9.17, 15) is 14.4 Å². The molecule has 6 nitrogen and oxygen atoms in total. The van der Waals surface area contributed by atoms with Gasteiger partial charge in [-0.3, -0.25) is 9.59 Å². The van der Waals surface area contributed by atoms with Crippen LogP contribution < -0.4 is 5.32 Å². The Bertz CT molecular complexity index is 553. The standard InChI is InChI=1S/C15H18N2O4/c1-10-5-7-11(8-6-10)16-13(18)14(19)17-9-3-4-12(17)15(20)21-2/h5-8,12H,3-4,9H2,1-2H3,(H,16,18). The van der Waals surface area contributed by atoms with Gasteiger partial charge in [-0.15, -0.1) is 0 Å². The lowest BCUT2D eigenvalue weighted by Gasteiger charge is -2.21. The van der Waals surface area contributed by atoms with Gasteiger partial charge >= 0.3 is 17.8 Å². The van der Waals surface area contributed by atoms with Gasteiger partial charge in [0.15, 0.2) is 0 Å². The van der Waals surface area contributed by atoms with Gasteiger partial charge in [-0.1, -0.05) is 17.7 Å². The van der Waals surface area contributed by atoms with Crippen LogP contribution in [0.15, 0.2) is 24.3 Å². The molecule has 0 aromatic heterocycles. The molecule has 1 aliphatic rings. The van der Waals surface area contributed by atoms with Gasteiger partial charge in [-0.05, 0) is 31.9 Å². The number of methoxy groups -OCH3 is 1. The molecule has 1 aliphatic heterocycles. The van der Waals surface area contributed by atoms with E-state index in [1.54, 1.807) is 12.1 Å². The highest BCUT2D eigenvalue weighted by Gasteiger charge is 2.37. The second-order valence-electron chi connectivity index (χ2n) is 5.00. The molecule has 1 aromatic carbocycles. The molecule has 112 valence electrons. The number of carbonyl (C=O) groups is 3. The predicted molar refractivity (Wildman–Crippen MR) is 76.6 cm³/mol. The van der Waals surface area contributed by atoms with Crippen LogP contribution in [-0.2, 0) is 19.1 Å². The number of carbonyl (C=O) groups excluding carboxylic acids is 3. The lowest BCUT2D eigenvalue weighted by molar-refractivity contribution is -0.153. The predicted octanol–water partition coefficient (Wildman–Crippen LogP) is 1.10. The number of amides is 2. The lowest BCUT2D eigenvalue weighted by atomic mass is 10.2.